The summed E-state index contributed by atoms with van der Waals surface area (Å²) in [6.45, 7) is 2.60. The van der Waals surface area contributed by atoms with E-state index in [1.807, 2.05) is 30.3 Å². The molecule has 4 heteroatoms. The van der Waals surface area contributed by atoms with Gasteiger partial charge in [0, 0.05) is 6.54 Å². The van der Waals surface area contributed by atoms with Gasteiger partial charge in [-0.25, -0.2) is 0 Å². The molecule has 1 fully saturated rings. The van der Waals surface area contributed by atoms with Crippen molar-refractivity contribution in [2.75, 3.05) is 20.2 Å². The van der Waals surface area contributed by atoms with E-state index in [9.17, 15) is 4.79 Å². The molecule has 0 spiro atoms. The second-order valence-corrected chi connectivity index (χ2v) is 8.47. The van der Waals surface area contributed by atoms with E-state index in [1.54, 1.807) is 7.11 Å². The lowest BCUT2D eigenvalue weighted by Gasteiger charge is -2.40. The minimum atomic E-state index is -0.499. The molecule has 0 aliphatic carbocycles. The van der Waals surface area contributed by atoms with Gasteiger partial charge in [0.2, 0.25) is 5.91 Å². The maximum Gasteiger partial charge on any atom is 0.224 e. The summed E-state index contributed by atoms with van der Waals surface area (Å²) in [6, 6.07) is 26.9. The molecule has 4 nitrogen and oxygen atoms in total. The number of carbonyl (C=O) groups excluding carboxylic acids is 1. The van der Waals surface area contributed by atoms with Gasteiger partial charge >= 0.3 is 0 Å². The Morgan fingerprint density at radius 3 is 2.23 bits per heavy atom. The topological polar surface area (TPSA) is 55.6 Å². The highest BCUT2D eigenvalue weighted by Gasteiger charge is 2.40. The van der Waals surface area contributed by atoms with Gasteiger partial charge in [-0.05, 0) is 66.7 Å². The van der Waals surface area contributed by atoms with Crippen LogP contribution in [0.15, 0.2) is 78.9 Å². The quantitative estimate of drug-likeness (QED) is 0.611. The smallest absolute Gasteiger partial charge is 0.224 e. The second kappa shape index (κ2) is 9.36. The van der Waals surface area contributed by atoms with Crippen molar-refractivity contribution in [1.82, 2.24) is 4.90 Å². The standard InChI is InChI=1S/C27H30N2O2/c1-31-24-13-11-21(12-14-24)20-29-17-15-27(16-18-29,26(28)30)19-23-9-5-6-10-25(23)22-7-3-2-4-8-22/h2-14H,15-20H2,1H3,(H2,28,30). The highest BCUT2D eigenvalue weighted by Crippen LogP contribution is 2.38. The molecule has 0 radical (unpaired) electrons. The van der Waals surface area contributed by atoms with Crippen LogP contribution in [-0.4, -0.2) is 31.0 Å². The van der Waals surface area contributed by atoms with Gasteiger partial charge in [-0.15, -0.1) is 0 Å². The third-order valence-corrected chi connectivity index (χ3v) is 6.53. The van der Waals surface area contributed by atoms with E-state index in [2.05, 4.69) is 53.4 Å². The first-order valence-corrected chi connectivity index (χ1v) is 10.9. The number of carbonyl (C=O) groups is 1. The zero-order valence-electron chi connectivity index (χ0n) is 18.1. The monoisotopic (exact) mass is 414 g/mol. The molecule has 0 bridgehead atoms. The molecule has 0 saturated carbocycles. The SMILES string of the molecule is COc1ccc(CN2CCC(Cc3ccccc3-c3ccccc3)(C(N)=O)CC2)cc1. The molecular formula is C27H30N2O2. The van der Waals surface area contributed by atoms with Crippen LogP contribution in [0.2, 0.25) is 0 Å². The summed E-state index contributed by atoms with van der Waals surface area (Å²) in [6.07, 6.45) is 2.24. The minimum absolute atomic E-state index is 0.181. The fourth-order valence-corrected chi connectivity index (χ4v) is 4.58. The van der Waals surface area contributed by atoms with Crippen molar-refractivity contribution in [3.8, 4) is 16.9 Å². The third-order valence-electron chi connectivity index (χ3n) is 6.53. The van der Waals surface area contributed by atoms with Crippen molar-refractivity contribution in [1.29, 1.82) is 0 Å². The van der Waals surface area contributed by atoms with Gasteiger partial charge in [0.1, 0.15) is 5.75 Å². The Balaban J connectivity index is 1.48. The number of nitrogens with two attached hydrogens (primary N) is 1. The molecule has 3 aromatic rings. The first-order chi connectivity index (χ1) is 15.1. The van der Waals surface area contributed by atoms with Crippen LogP contribution in [0, 0.1) is 5.41 Å². The van der Waals surface area contributed by atoms with Crippen LogP contribution >= 0.6 is 0 Å². The molecule has 3 aromatic carbocycles. The van der Waals surface area contributed by atoms with E-state index in [0.717, 1.165) is 38.2 Å². The van der Waals surface area contributed by atoms with Crippen molar-refractivity contribution in [2.45, 2.75) is 25.8 Å². The Morgan fingerprint density at radius 2 is 1.58 bits per heavy atom. The van der Waals surface area contributed by atoms with Gasteiger partial charge in [-0.2, -0.15) is 0 Å². The number of likely N-dealkylation sites (tertiary alicyclic amines) is 1. The average Bonchev–Trinajstić information content (AvgIpc) is 2.82. The van der Waals surface area contributed by atoms with Crippen molar-refractivity contribution >= 4 is 5.91 Å². The lowest BCUT2D eigenvalue weighted by molar-refractivity contribution is -0.130. The molecular weight excluding hydrogens is 384 g/mol. The summed E-state index contributed by atoms with van der Waals surface area (Å²) in [7, 11) is 1.68. The molecule has 1 aliphatic rings. The predicted octanol–water partition coefficient (Wildman–Crippen LogP) is 4.67. The largest absolute Gasteiger partial charge is 0.497 e. The third kappa shape index (κ3) is 4.80. The number of hydrogen-bond acceptors (Lipinski definition) is 3. The Bertz CT molecular complexity index is 1010. The predicted molar refractivity (Wildman–Crippen MR) is 125 cm³/mol. The summed E-state index contributed by atoms with van der Waals surface area (Å²) in [4.78, 5) is 15.1. The van der Waals surface area contributed by atoms with Crippen molar-refractivity contribution in [3.63, 3.8) is 0 Å². The number of piperidine rings is 1. The first kappa shape index (κ1) is 21.1. The molecule has 2 N–H and O–H groups in total. The number of amides is 1. The first-order valence-electron chi connectivity index (χ1n) is 10.9. The summed E-state index contributed by atoms with van der Waals surface area (Å²) in [5, 5.41) is 0. The van der Waals surface area contributed by atoms with Crippen molar-refractivity contribution in [2.24, 2.45) is 11.1 Å². The molecule has 4 rings (SSSR count). The number of nitrogens with zero attached hydrogens (tertiary/aromatic N) is 1. The van der Waals surface area contributed by atoms with Crippen LogP contribution in [-0.2, 0) is 17.8 Å². The van der Waals surface area contributed by atoms with Gasteiger partial charge in [-0.1, -0.05) is 66.7 Å². The molecule has 1 aliphatic heterocycles. The van der Waals surface area contributed by atoms with E-state index in [1.165, 1.54) is 22.3 Å². The van der Waals surface area contributed by atoms with E-state index in [-0.39, 0.29) is 5.91 Å². The molecule has 31 heavy (non-hydrogen) atoms. The van der Waals surface area contributed by atoms with Gasteiger partial charge < -0.3 is 10.5 Å². The Morgan fingerprint density at radius 1 is 0.935 bits per heavy atom. The zero-order valence-corrected chi connectivity index (χ0v) is 18.1. The highest BCUT2D eigenvalue weighted by molar-refractivity contribution is 5.82. The number of methoxy groups -OCH3 is 1. The summed E-state index contributed by atoms with van der Waals surface area (Å²) in [5.41, 5.74) is 10.3. The fraction of sp³-hybridized carbons (Fsp3) is 0.296. The maximum atomic E-state index is 12.7. The Hall–Kier alpha value is -3.11. The Labute approximate surface area is 184 Å². The van der Waals surface area contributed by atoms with Gasteiger partial charge in [0.25, 0.3) is 0 Å². The molecule has 0 aromatic heterocycles. The zero-order chi connectivity index (χ0) is 21.7. The number of hydrogen-bond donors (Lipinski definition) is 1. The number of rotatable bonds is 7. The van der Waals surface area contributed by atoms with E-state index >= 15 is 0 Å². The second-order valence-electron chi connectivity index (χ2n) is 8.47. The number of benzene rings is 3. The van der Waals surface area contributed by atoms with Crippen LogP contribution in [0.1, 0.15) is 24.0 Å². The highest BCUT2D eigenvalue weighted by atomic mass is 16.5. The normalized spacial score (nSPS) is 16.0. The summed E-state index contributed by atoms with van der Waals surface area (Å²) >= 11 is 0. The van der Waals surface area contributed by atoms with Gasteiger partial charge in [0.05, 0.1) is 12.5 Å². The molecule has 0 atom stereocenters. The van der Waals surface area contributed by atoms with Crippen LogP contribution < -0.4 is 10.5 Å². The lowest BCUT2D eigenvalue weighted by atomic mass is 9.72. The van der Waals surface area contributed by atoms with Crippen LogP contribution in [0.25, 0.3) is 11.1 Å². The summed E-state index contributed by atoms with van der Waals surface area (Å²) in [5.74, 6) is 0.687. The fourth-order valence-electron chi connectivity index (χ4n) is 4.58. The van der Waals surface area contributed by atoms with Crippen LogP contribution in [0.5, 0.6) is 5.75 Å². The van der Waals surface area contributed by atoms with E-state index < -0.39 is 5.41 Å². The number of ether oxygens (including phenoxy) is 1. The van der Waals surface area contributed by atoms with E-state index in [4.69, 9.17) is 10.5 Å². The minimum Gasteiger partial charge on any atom is -0.497 e. The maximum absolute atomic E-state index is 12.7. The average molecular weight is 415 g/mol. The lowest BCUT2D eigenvalue weighted by Crippen LogP contribution is -2.48. The Kier molecular flexibility index (Phi) is 6.38. The van der Waals surface area contributed by atoms with Crippen LogP contribution in [0.3, 0.4) is 0 Å². The summed E-state index contributed by atoms with van der Waals surface area (Å²) < 4.78 is 5.25. The molecule has 0 unspecified atom stereocenters. The molecule has 1 amide bonds. The van der Waals surface area contributed by atoms with E-state index in [0.29, 0.717) is 6.42 Å². The number of primary amides is 1. The van der Waals surface area contributed by atoms with Crippen molar-refractivity contribution < 1.29 is 9.53 Å². The van der Waals surface area contributed by atoms with Crippen molar-refractivity contribution in [3.05, 3.63) is 90.0 Å². The molecule has 1 heterocycles. The molecule has 1 saturated heterocycles. The molecule has 160 valence electrons. The van der Waals surface area contributed by atoms with Crippen LogP contribution in [0.4, 0.5) is 0 Å². The van der Waals surface area contributed by atoms with Gasteiger partial charge in [0.15, 0.2) is 0 Å². The van der Waals surface area contributed by atoms with Gasteiger partial charge in [-0.3, -0.25) is 9.69 Å².